The predicted molar refractivity (Wildman–Crippen MR) is 81.6 cm³/mol. The van der Waals surface area contributed by atoms with Gasteiger partial charge in [0.1, 0.15) is 5.75 Å². The number of ether oxygens (including phenoxy) is 1. The van der Waals surface area contributed by atoms with Gasteiger partial charge in [0.05, 0.1) is 11.6 Å². The summed E-state index contributed by atoms with van der Waals surface area (Å²) in [4.78, 5) is 12.1. The molecule has 2 aromatic carbocycles. The monoisotopic (exact) mass is 279 g/mol. The third-order valence-corrected chi connectivity index (χ3v) is 3.28. The molecule has 2 rings (SSSR count). The molecule has 0 saturated carbocycles. The van der Waals surface area contributed by atoms with Gasteiger partial charge in [-0.05, 0) is 50.1 Å². The van der Waals surface area contributed by atoms with Gasteiger partial charge in [-0.25, -0.2) is 0 Å². The lowest BCUT2D eigenvalue weighted by Crippen LogP contribution is -2.13. The maximum atomic E-state index is 12.1. The van der Waals surface area contributed by atoms with E-state index in [1.807, 2.05) is 39.0 Å². The molecular formula is C18H17NO2. The zero-order chi connectivity index (χ0) is 15.4. The number of ketones is 1. The number of carbonyl (C=O) groups excluding carboxylic acids is 1. The fourth-order valence-electron chi connectivity index (χ4n) is 2.28. The maximum absolute atomic E-state index is 12.1. The molecule has 21 heavy (non-hydrogen) atoms. The SMILES string of the molecule is Cc1cccc(C(=O)COc2c(C)cc(C#N)cc2C)c1. The number of Topliss-reactive ketones (excluding diaryl/α,β-unsaturated/α-hetero) is 1. The first-order valence-corrected chi connectivity index (χ1v) is 6.75. The molecule has 0 heterocycles. The molecule has 0 aliphatic heterocycles. The Morgan fingerprint density at radius 1 is 1.14 bits per heavy atom. The molecule has 0 unspecified atom stereocenters. The number of benzene rings is 2. The van der Waals surface area contributed by atoms with Gasteiger partial charge in [0.25, 0.3) is 0 Å². The first-order valence-electron chi connectivity index (χ1n) is 6.75. The normalized spacial score (nSPS) is 10.0. The Labute approximate surface area is 124 Å². The van der Waals surface area contributed by atoms with Gasteiger partial charge in [-0.2, -0.15) is 5.26 Å². The molecule has 0 aromatic heterocycles. The van der Waals surface area contributed by atoms with Crippen LogP contribution >= 0.6 is 0 Å². The molecule has 106 valence electrons. The largest absolute Gasteiger partial charge is 0.485 e. The molecule has 0 fully saturated rings. The Morgan fingerprint density at radius 2 is 1.81 bits per heavy atom. The summed E-state index contributed by atoms with van der Waals surface area (Å²) < 4.78 is 5.66. The van der Waals surface area contributed by atoms with Crippen LogP contribution in [0.25, 0.3) is 0 Å². The van der Waals surface area contributed by atoms with E-state index >= 15 is 0 Å². The lowest BCUT2D eigenvalue weighted by Gasteiger charge is -2.12. The molecule has 0 amide bonds. The second-order valence-electron chi connectivity index (χ2n) is 5.13. The van der Waals surface area contributed by atoms with E-state index in [0.29, 0.717) is 16.9 Å². The second kappa shape index (κ2) is 6.23. The number of nitrogens with zero attached hydrogens (tertiary/aromatic N) is 1. The predicted octanol–water partition coefficient (Wildman–Crippen LogP) is 3.75. The molecule has 0 bridgehead atoms. The second-order valence-corrected chi connectivity index (χ2v) is 5.13. The molecule has 3 heteroatoms. The van der Waals surface area contributed by atoms with Crippen molar-refractivity contribution in [3.63, 3.8) is 0 Å². The highest BCUT2D eigenvalue weighted by Crippen LogP contribution is 2.24. The Morgan fingerprint density at radius 3 is 2.38 bits per heavy atom. The molecule has 0 radical (unpaired) electrons. The highest BCUT2D eigenvalue weighted by Gasteiger charge is 2.11. The maximum Gasteiger partial charge on any atom is 0.200 e. The van der Waals surface area contributed by atoms with Crippen LogP contribution in [0, 0.1) is 32.1 Å². The van der Waals surface area contributed by atoms with Crippen LogP contribution in [0.2, 0.25) is 0 Å². The molecule has 0 saturated heterocycles. The number of carbonyl (C=O) groups is 1. The number of nitriles is 1. The van der Waals surface area contributed by atoms with Gasteiger partial charge >= 0.3 is 0 Å². The summed E-state index contributed by atoms with van der Waals surface area (Å²) in [6.45, 7) is 5.70. The third-order valence-electron chi connectivity index (χ3n) is 3.28. The van der Waals surface area contributed by atoms with Crippen molar-refractivity contribution in [1.29, 1.82) is 5.26 Å². The minimum atomic E-state index is -0.0538. The minimum Gasteiger partial charge on any atom is -0.485 e. The van der Waals surface area contributed by atoms with Crippen LogP contribution in [-0.2, 0) is 0 Å². The van der Waals surface area contributed by atoms with Crippen molar-refractivity contribution in [2.45, 2.75) is 20.8 Å². The van der Waals surface area contributed by atoms with E-state index < -0.39 is 0 Å². The molecule has 2 aromatic rings. The van der Waals surface area contributed by atoms with Crippen molar-refractivity contribution < 1.29 is 9.53 Å². The van der Waals surface area contributed by atoms with Crippen molar-refractivity contribution in [2.24, 2.45) is 0 Å². The van der Waals surface area contributed by atoms with Gasteiger partial charge in [-0.1, -0.05) is 23.8 Å². The van der Waals surface area contributed by atoms with Gasteiger partial charge in [-0.3, -0.25) is 4.79 Å². The molecule has 0 aliphatic rings. The zero-order valence-electron chi connectivity index (χ0n) is 12.4. The molecule has 3 nitrogen and oxygen atoms in total. The van der Waals surface area contributed by atoms with Crippen molar-refractivity contribution in [3.05, 3.63) is 64.2 Å². The van der Waals surface area contributed by atoms with Crippen LogP contribution in [0.15, 0.2) is 36.4 Å². The van der Waals surface area contributed by atoms with Crippen LogP contribution in [0.1, 0.15) is 32.6 Å². The van der Waals surface area contributed by atoms with Crippen LogP contribution in [0.3, 0.4) is 0 Å². The average molecular weight is 279 g/mol. The number of hydrogen-bond acceptors (Lipinski definition) is 3. The van der Waals surface area contributed by atoms with Crippen LogP contribution in [0.4, 0.5) is 0 Å². The highest BCUT2D eigenvalue weighted by atomic mass is 16.5. The Bertz CT molecular complexity index is 703. The topological polar surface area (TPSA) is 50.1 Å². The van der Waals surface area contributed by atoms with Crippen molar-refractivity contribution in [1.82, 2.24) is 0 Å². The van der Waals surface area contributed by atoms with Crippen molar-refractivity contribution in [3.8, 4) is 11.8 Å². The Kier molecular flexibility index (Phi) is 4.39. The van der Waals surface area contributed by atoms with Crippen molar-refractivity contribution in [2.75, 3.05) is 6.61 Å². The van der Waals surface area contributed by atoms with Gasteiger partial charge in [0.15, 0.2) is 12.4 Å². The molecule has 0 spiro atoms. The summed E-state index contributed by atoms with van der Waals surface area (Å²) in [5.74, 6) is 0.622. The lowest BCUT2D eigenvalue weighted by molar-refractivity contribution is 0.0920. The molecule has 0 N–H and O–H groups in total. The summed E-state index contributed by atoms with van der Waals surface area (Å²) >= 11 is 0. The summed E-state index contributed by atoms with van der Waals surface area (Å²) in [5.41, 5.74) is 4.03. The Hall–Kier alpha value is -2.60. The van der Waals surface area contributed by atoms with E-state index in [0.717, 1.165) is 16.7 Å². The van der Waals surface area contributed by atoms with E-state index in [-0.39, 0.29) is 12.4 Å². The fraction of sp³-hybridized carbons (Fsp3) is 0.222. The molecular weight excluding hydrogens is 262 g/mol. The zero-order valence-corrected chi connectivity index (χ0v) is 12.4. The van der Waals surface area contributed by atoms with Crippen LogP contribution in [-0.4, -0.2) is 12.4 Å². The number of aryl methyl sites for hydroxylation is 3. The van der Waals surface area contributed by atoms with Gasteiger partial charge in [0.2, 0.25) is 0 Å². The molecule has 0 aliphatic carbocycles. The quantitative estimate of drug-likeness (QED) is 0.801. The summed E-state index contributed by atoms with van der Waals surface area (Å²) in [7, 11) is 0. The summed E-state index contributed by atoms with van der Waals surface area (Å²) in [5, 5.41) is 8.93. The van der Waals surface area contributed by atoms with E-state index in [1.54, 1.807) is 18.2 Å². The van der Waals surface area contributed by atoms with Crippen LogP contribution < -0.4 is 4.74 Å². The summed E-state index contributed by atoms with van der Waals surface area (Å²) in [6.07, 6.45) is 0. The molecule has 0 atom stereocenters. The lowest BCUT2D eigenvalue weighted by atomic mass is 10.1. The van der Waals surface area contributed by atoms with Gasteiger partial charge in [0, 0.05) is 5.56 Å². The highest BCUT2D eigenvalue weighted by molar-refractivity contribution is 5.97. The van der Waals surface area contributed by atoms with E-state index in [2.05, 4.69) is 6.07 Å². The van der Waals surface area contributed by atoms with E-state index in [9.17, 15) is 4.79 Å². The third kappa shape index (κ3) is 3.49. The standard InChI is InChI=1S/C18H17NO2/c1-12-5-4-6-16(7-12)17(20)11-21-18-13(2)8-15(10-19)9-14(18)3/h4-9H,11H2,1-3H3. The first-order chi connectivity index (χ1) is 10.0. The van der Waals surface area contributed by atoms with Crippen LogP contribution in [0.5, 0.6) is 5.75 Å². The summed E-state index contributed by atoms with van der Waals surface area (Å²) in [6, 6.07) is 13.1. The fourth-order valence-corrected chi connectivity index (χ4v) is 2.28. The van der Waals surface area contributed by atoms with Crippen molar-refractivity contribution >= 4 is 5.78 Å². The average Bonchev–Trinajstić information content (AvgIpc) is 2.45. The first kappa shape index (κ1) is 14.8. The smallest absolute Gasteiger partial charge is 0.200 e. The minimum absolute atomic E-state index is 0.00294. The van der Waals surface area contributed by atoms with E-state index in [4.69, 9.17) is 10.00 Å². The van der Waals surface area contributed by atoms with E-state index in [1.165, 1.54) is 0 Å². The Balaban J connectivity index is 2.14. The van der Waals surface area contributed by atoms with Gasteiger partial charge in [-0.15, -0.1) is 0 Å². The number of hydrogen-bond donors (Lipinski definition) is 0. The van der Waals surface area contributed by atoms with Gasteiger partial charge < -0.3 is 4.74 Å². The number of rotatable bonds is 4.